The first-order valence-corrected chi connectivity index (χ1v) is 5.27. The predicted octanol–water partition coefficient (Wildman–Crippen LogP) is 0.617. The molecular formula is C7H5ClN6OS. The highest BCUT2D eigenvalue weighted by Gasteiger charge is 2.13. The summed E-state index contributed by atoms with van der Waals surface area (Å²) in [6.45, 7) is 0. The zero-order valence-corrected chi connectivity index (χ0v) is 9.60. The molecule has 16 heavy (non-hydrogen) atoms. The van der Waals surface area contributed by atoms with Gasteiger partial charge in [0, 0.05) is 7.05 Å². The summed E-state index contributed by atoms with van der Waals surface area (Å²) in [5.41, 5.74) is 0.233. The molecule has 2 rings (SSSR count). The summed E-state index contributed by atoms with van der Waals surface area (Å²) in [6, 6.07) is 0. The summed E-state index contributed by atoms with van der Waals surface area (Å²) < 4.78 is 1.47. The molecule has 0 unspecified atom stereocenters. The second kappa shape index (κ2) is 4.54. The minimum Gasteiger partial charge on any atom is -0.298 e. The third-order valence-electron chi connectivity index (χ3n) is 1.69. The third kappa shape index (κ3) is 2.02. The van der Waals surface area contributed by atoms with E-state index < -0.39 is 0 Å². The van der Waals surface area contributed by atoms with E-state index in [-0.39, 0.29) is 10.7 Å². The number of halogens is 1. The molecule has 82 valence electrons. The Morgan fingerprint density at radius 1 is 1.50 bits per heavy atom. The summed E-state index contributed by atoms with van der Waals surface area (Å²) >= 11 is 6.90. The van der Waals surface area contributed by atoms with Crippen LogP contribution < -0.4 is 0 Å². The van der Waals surface area contributed by atoms with Gasteiger partial charge in [0.1, 0.15) is 16.5 Å². The van der Waals surface area contributed by atoms with Crippen LogP contribution in [0.2, 0.25) is 5.15 Å². The van der Waals surface area contributed by atoms with E-state index in [4.69, 9.17) is 11.6 Å². The Hall–Kier alpha value is -1.54. The fraction of sp³-hybridized carbons (Fsp3) is 0.143. The first-order chi connectivity index (χ1) is 7.72. The average molecular weight is 257 g/mol. The van der Waals surface area contributed by atoms with Gasteiger partial charge in [-0.1, -0.05) is 11.6 Å². The van der Waals surface area contributed by atoms with E-state index >= 15 is 0 Å². The summed E-state index contributed by atoms with van der Waals surface area (Å²) in [7, 11) is 1.69. The molecule has 0 aromatic carbocycles. The summed E-state index contributed by atoms with van der Waals surface area (Å²) in [5, 5.41) is 11.9. The number of rotatable bonds is 3. The Morgan fingerprint density at radius 3 is 2.94 bits per heavy atom. The topological polar surface area (TPSA) is 86.4 Å². The van der Waals surface area contributed by atoms with Crippen LogP contribution >= 0.6 is 23.4 Å². The molecule has 0 saturated heterocycles. The van der Waals surface area contributed by atoms with Gasteiger partial charge in [-0.3, -0.25) is 4.79 Å². The van der Waals surface area contributed by atoms with Crippen molar-refractivity contribution in [2.45, 2.75) is 10.2 Å². The highest BCUT2D eigenvalue weighted by Crippen LogP contribution is 2.27. The standard InChI is InChI=1S/C7H5ClN6OS/c1-14-7(11-12-13-14)16-6-4(2-15)5(8)9-3-10-6/h2-3H,1H3. The number of nitrogens with zero attached hydrogens (tertiary/aromatic N) is 6. The quantitative estimate of drug-likeness (QED) is 0.588. The fourth-order valence-electron chi connectivity index (χ4n) is 0.934. The highest BCUT2D eigenvalue weighted by atomic mass is 35.5. The molecule has 0 aliphatic rings. The molecule has 0 fully saturated rings. The van der Waals surface area contributed by atoms with E-state index in [2.05, 4.69) is 25.5 Å². The van der Waals surface area contributed by atoms with E-state index in [1.165, 1.54) is 11.0 Å². The lowest BCUT2D eigenvalue weighted by Crippen LogP contribution is -1.97. The number of tetrazole rings is 1. The van der Waals surface area contributed by atoms with Crippen LogP contribution in [-0.2, 0) is 7.05 Å². The molecule has 0 bridgehead atoms. The van der Waals surface area contributed by atoms with Crippen molar-refractivity contribution >= 4 is 29.6 Å². The van der Waals surface area contributed by atoms with Crippen molar-refractivity contribution < 1.29 is 4.79 Å². The summed E-state index contributed by atoms with van der Waals surface area (Å²) in [5.74, 6) is 0. The predicted molar refractivity (Wildman–Crippen MR) is 55.4 cm³/mol. The summed E-state index contributed by atoms with van der Waals surface area (Å²) in [4.78, 5) is 18.5. The van der Waals surface area contributed by atoms with Crippen LogP contribution in [-0.4, -0.2) is 36.5 Å². The molecule has 0 saturated carbocycles. The normalized spacial score (nSPS) is 10.4. The van der Waals surface area contributed by atoms with E-state index in [1.54, 1.807) is 7.05 Å². The monoisotopic (exact) mass is 256 g/mol. The number of aromatic nitrogens is 6. The zero-order valence-electron chi connectivity index (χ0n) is 8.03. The number of hydrogen-bond acceptors (Lipinski definition) is 7. The van der Waals surface area contributed by atoms with Crippen LogP contribution in [0.4, 0.5) is 0 Å². The Labute approximate surface area is 99.2 Å². The Kier molecular flexibility index (Phi) is 3.11. The molecule has 0 atom stereocenters. The van der Waals surface area contributed by atoms with Gasteiger partial charge < -0.3 is 0 Å². The minimum absolute atomic E-state index is 0.114. The molecule has 0 spiro atoms. The number of carbonyl (C=O) groups excluding carboxylic acids is 1. The maximum atomic E-state index is 10.8. The number of aldehydes is 1. The number of hydrogen-bond donors (Lipinski definition) is 0. The van der Waals surface area contributed by atoms with Gasteiger partial charge in [-0.05, 0) is 22.2 Å². The third-order valence-corrected chi connectivity index (χ3v) is 3.03. The van der Waals surface area contributed by atoms with Crippen molar-refractivity contribution in [3.8, 4) is 0 Å². The van der Waals surface area contributed by atoms with Crippen LogP contribution in [0.15, 0.2) is 16.5 Å². The van der Waals surface area contributed by atoms with Gasteiger partial charge in [-0.2, -0.15) is 0 Å². The molecule has 0 radical (unpaired) electrons. The van der Waals surface area contributed by atoms with Gasteiger partial charge >= 0.3 is 0 Å². The Morgan fingerprint density at radius 2 is 2.31 bits per heavy atom. The average Bonchev–Trinajstić information content (AvgIpc) is 2.65. The van der Waals surface area contributed by atoms with Crippen LogP contribution in [0.5, 0.6) is 0 Å². The lowest BCUT2D eigenvalue weighted by molar-refractivity contribution is 0.112. The molecule has 0 N–H and O–H groups in total. The molecule has 2 aromatic rings. The largest absolute Gasteiger partial charge is 0.298 e. The van der Waals surface area contributed by atoms with Crippen molar-refractivity contribution in [2.24, 2.45) is 7.05 Å². The molecule has 2 aromatic heterocycles. The Balaban J connectivity index is 2.38. The molecular weight excluding hydrogens is 252 g/mol. The highest BCUT2D eigenvalue weighted by molar-refractivity contribution is 7.99. The second-order valence-electron chi connectivity index (χ2n) is 2.69. The molecule has 9 heteroatoms. The van der Waals surface area contributed by atoms with Gasteiger partial charge in [-0.15, -0.1) is 5.10 Å². The minimum atomic E-state index is 0.114. The SMILES string of the molecule is Cn1nnnc1Sc1ncnc(Cl)c1C=O. The second-order valence-corrected chi connectivity index (χ2v) is 4.00. The number of aryl methyl sites for hydroxylation is 1. The van der Waals surface area contributed by atoms with E-state index in [1.807, 2.05) is 0 Å². The van der Waals surface area contributed by atoms with Gasteiger partial charge in [0.15, 0.2) is 6.29 Å². The first-order valence-electron chi connectivity index (χ1n) is 4.08. The Bertz CT molecular complexity index is 529. The smallest absolute Gasteiger partial charge is 0.215 e. The van der Waals surface area contributed by atoms with Gasteiger partial charge in [0.25, 0.3) is 0 Å². The summed E-state index contributed by atoms with van der Waals surface area (Å²) in [6.07, 6.45) is 1.88. The lowest BCUT2D eigenvalue weighted by atomic mass is 10.4. The van der Waals surface area contributed by atoms with E-state index in [0.717, 1.165) is 11.8 Å². The zero-order chi connectivity index (χ0) is 11.5. The fourth-order valence-corrected chi connectivity index (χ4v) is 1.94. The van der Waals surface area contributed by atoms with Gasteiger partial charge in [0.05, 0.1) is 5.56 Å². The van der Waals surface area contributed by atoms with Crippen molar-refractivity contribution in [2.75, 3.05) is 0 Å². The van der Waals surface area contributed by atoms with Crippen molar-refractivity contribution in [3.05, 3.63) is 17.0 Å². The van der Waals surface area contributed by atoms with E-state index in [0.29, 0.717) is 16.5 Å². The molecule has 0 amide bonds. The van der Waals surface area contributed by atoms with Gasteiger partial charge in [-0.25, -0.2) is 14.6 Å². The molecule has 0 aliphatic heterocycles. The first kappa shape index (κ1) is 11.0. The number of carbonyl (C=O) groups is 1. The maximum absolute atomic E-state index is 10.8. The van der Waals surface area contributed by atoms with Crippen LogP contribution in [0.3, 0.4) is 0 Å². The van der Waals surface area contributed by atoms with Crippen molar-refractivity contribution in [3.63, 3.8) is 0 Å². The van der Waals surface area contributed by atoms with Crippen LogP contribution in [0.25, 0.3) is 0 Å². The van der Waals surface area contributed by atoms with Crippen molar-refractivity contribution in [1.82, 2.24) is 30.2 Å². The van der Waals surface area contributed by atoms with Gasteiger partial charge in [0.2, 0.25) is 5.16 Å². The van der Waals surface area contributed by atoms with Crippen LogP contribution in [0.1, 0.15) is 10.4 Å². The maximum Gasteiger partial charge on any atom is 0.215 e. The van der Waals surface area contributed by atoms with Crippen LogP contribution in [0, 0.1) is 0 Å². The van der Waals surface area contributed by atoms with Crippen molar-refractivity contribution in [1.29, 1.82) is 0 Å². The molecule has 0 aliphatic carbocycles. The molecule has 2 heterocycles. The van der Waals surface area contributed by atoms with E-state index in [9.17, 15) is 4.79 Å². The lowest BCUT2D eigenvalue weighted by Gasteiger charge is -2.01. The molecule has 7 nitrogen and oxygen atoms in total.